The van der Waals surface area contributed by atoms with Crippen LogP contribution in [0.25, 0.3) is 0 Å². The third-order valence-electron chi connectivity index (χ3n) is 6.64. The Morgan fingerprint density at radius 2 is 1.88 bits per heavy atom. The lowest BCUT2D eigenvalue weighted by molar-refractivity contribution is 0.0297. The Kier molecular flexibility index (Phi) is 6.99. The number of amides is 2. The van der Waals surface area contributed by atoms with E-state index in [1.54, 1.807) is 23.2 Å². The molecular weight excluding hydrogens is 408 g/mol. The smallest absolute Gasteiger partial charge is 0.274 e. The number of aliphatic hydroxyl groups excluding tert-OH is 1. The van der Waals surface area contributed by atoms with Crippen molar-refractivity contribution in [2.75, 3.05) is 39.4 Å². The van der Waals surface area contributed by atoms with Gasteiger partial charge in [-0.15, -0.1) is 0 Å². The third-order valence-corrected chi connectivity index (χ3v) is 6.64. The second kappa shape index (κ2) is 10.1. The zero-order valence-corrected chi connectivity index (χ0v) is 18.3. The Morgan fingerprint density at radius 3 is 2.62 bits per heavy atom. The highest BCUT2D eigenvalue weighted by Gasteiger charge is 2.36. The molecule has 0 atom stereocenters. The van der Waals surface area contributed by atoms with Crippen LogP contribution in [0.5, 0.6) is 5.75 Å². The Hall–Kier alpha value is -3.00. The van der Waals surface area contributed by atoms with Crippen molar-refractivity contribution in [3.05, 3.63) is 54.1 Å². The number of benzene rings is 1. The SMILES string of the molecule is O=C(c1cnccn1)N1CCCCC2(CO)CCN(CC2)C(=O)c2ccccc2OCC1. The van der Waals surface area contributed by atoms with Crippen molar-refractivity contribution in [2.45, 2.75) is 32.1 Å². The van der Waals surface area contributed by atoms with Crippen molar-refractivity contribution in [2.24, 2.45) is 5.41 Å². The van der Waals surface area contributed by atoms with Crippen LogP contribution in [0.4, 0.5) is 0 Å². The van der Waals surface area contributed by atoms with E-state index in [2.05, 4.69) is 9.97 Å². The molecule has 0 saturated carbocycles. The van der Waals surface area contributed by atoms with Gasteiger partial charge in [-0.05, 0) is 43.2 Å². The Bertz CT molecular complexity index is 929. The summed E-state index contributed by atoms with van der Waals surface area (Å²) in [6.45, 7) is 2.61. The van der Waals surface area contributed by atoms with Crippen molar-refractivity contribution in [3.63, 3.8) is 0 Å². The number of aliphatic hydroxyl groups is 1. The first-order valence-electron chi connectivity index (χ1n) is 11.3. The van der Waals surface area contributed by atoms with Gasteiger partial charge in [-0.2, -0.15) is 0 Å². The summed E-state index contributed by atoms with van der Waals surface area (Å²) in [7, 11) is 0. The van der Waals surface area contributed by atoms with Gasteiger partial charge in [0.25, 0.3) is 11.8 Å². The summed E-state index contributed by atoms with van der Waals surface area (Å²) in [6.07, 6.45) is 8.69. The number of para-hydroxylation sites is 1. The molecular formula is C24H30N4O4. The maximum Gasteiger partial charge on any atom is 0.274 e. The summed E-state index contributed by atoms with van der Waals surface area (Å²) in [5.74, 6) is 0.298. The molecule has 1 N–H and O–H groups in total. The molecule has 0 aliphatic carbocycles. The molecule has 3 aliphatic rings. The van der Waals surface area contributed by atoms with Crippen LogP contribution in [0.2, 0.25) is 0 Å². The van der Waals surface area contributed by atoms with E-state index in [0.717, 1.165) is 32.1 Å². The van der Waals surface area contributed by atoms with E-state index in [0.29, 0.717) is 43.2 Å². The standard InChI is InChI=1S/C24H30N4O4/c29-18-24-7-3-4-12-27(23(31)20-17-25-10-11-26-20)15-16-32-21-6-2-1-5-19(21)22(30)28(13-8-24)14-9-24/h1-2,5-6,10-11,17,29H,3-4,7-9,12-16,18H2. The Labute approximate surface area is 188 Å². The number of carbonyl (C=O) groups is 2. The number of rotatable bonds is 2. The Morgan fingerprint density at radius 1 is 1.06 bits per heavy atom. The molecule has 1 aromatic heterocycles. The van der Waals surface area contributed by atoms with Crippen molar-refractivity contribution in [3.8, 4) is 5.75 Å². The molecule has 0 spiro atoms. The van der Waals surface area contributed by atoms with Crippen LogP contribution >= 0.6 is 0 Å². The average molecular weight is 439 g/mol. The van der Waals surface area contributed by atoms with Gasteiger partial charge in [0.2, 0.25) is 0 Å². The van der Waals surface area contributed by atoms with E-state index < -0.39 is 0 Å². The van der Waals surface area contributed by atoms with Gasteiger partial charge in [-0.25, -0.2) is 4.98 Å². The lowest BCUT2D eigenvalue weighted by atomic mass is 9.75. The van der Waals surface area contributed by atoms with Crippen LogP contribution in [0.15, 0.2) is 42.9 Å². The first kappa shape index (κ1) is 22.2. The molecule has 3 aliphatic heterocycles. The molecule has 8 heteroatoms. The molecule has 170 valence electrons. The lowest BCUT2D eigenvalue weighted by Crippen LogP contribution is -2.44. The minimum absolute atomic E-state index is 0.0468. The van der Waals surface area contributed by atoms with Crippen LogP contribution in [0.3, 0.4) is 0 Å². The molecule has 32 heavy (non-hydrogen) atoms. The van der Waals surface area contributed by atoms with Crippen molar-refractivity contribution in [1.82, 2.24) is 19.8 Å². The van der Waals surface area contributed by atoms with E-state index in [-0.39, 0.29) is 30.4 Å². The summed E-state index contributed by atoms with van der Waals surface area (Å²) >= 11 is 0. The van der Waals surface area contributed by atoms with Crippen LogP contribution in [-0.2, 0) is 0 Å². The highest BCUT2D eigenvalue weighted by molar-refractivity contribution is 5.97. The van der Waals surface area contributed by atoms with E-state index in [9.17, 15) is 14.7 Å². The second-order valence-corrected chi connectivity index (χ2v) is 8.63. The Balaban J connectivity index is 1.57. The molecule has 0 unspecified atom stereocenters. The molecule has 8 nitrogen and oxygen atoms in total. The lowest BCUT2D eigenvalue weighted by Gasteiger charge is -2.41. The summed E-state index contributed by atoms with van der Waals surface area (Å²) in [4.78, 5) is 37.9. The number of ether oxygens (including phenoxy) is 1. The van der Waals surface area contributed by atoms with Gasteiger partial charge in [0.1, 0.15) is 18.1 Å². The van der Waals surface area contributed by atoms with Crippen LogP contribution in [0, 0.1) is 5.41 Å². The van der Waals surface area contributed by atoms with Gasteiger partial charge in [0.15, 0.2) is 0 Å². The predicted octanol–water partition coefficient (Wildman–Crippen LogP) is 2.40. The second-order valence-electron chi connectivity index (χ2n) is 8.63. The zero-order valence-electron chi connectivity index (χ0n) is 18.3. The first-order valence-corrected chi connectivity index (χ1v) is 11.3. The molecule has 2 amide bonds. The first-order chi connectivity index (χ1) is 15.6. The minimum atomic E-state index is -0.181. The summed E-state index contributed by atoms with van der Waals surface area (Å²) in [5, 5.41) is 10.1. The molecule has 1 saturated heterocycles. The molecule has 0 radical (unpaired) electrons. The van der Waals surface area contributed by atoms with Gasteiger partial charge >= 0.3 is 0 Å². The van der Waals surface area contributed by atoms with Crippen molar-refractivity contribution >= 4 is 11.8 Å². The summed E-state index contributed by atoms with van der Waals surface area (Å²) in [5.41, 5.74) is 0.678. The molecule has 2 bridgehead atoms. The van der Waals surface area contributed by atoms with E-state index >= 15 is 0 Å². The summed E-state index contributed by atoms with van der Waals surface area (Å²) < 4.78 is 5.98. The molecule has 1 fully saturated rings. The van der Waals surface area contributed by atoms with Gasteiger partial charge in [-0.3, -0.25) is 14.6 Å². The van der Waals surface area contributed by atoms with Crippen LogP contribution in [-0.4, -0.2) is 76.1 Å². The fourth-order valence-corrected chi connectivity index (χ4v) is 4.57. The normalized spacial score (nSPS) is 19.5. The number of hydrogen-bond acceptors (Lipinski definition) is 6. The van der Waals surface area contributed by atoms with Gasteiger partial charge in [-0.1, -0.05) is 18.6 Å². The number of aromatic nitrogens is 2. The number of nitrogens with zero attached hydrogens (tertiary/aromatic N) is 4. The maximum atomic E-state index is 13.2. The van der Waals surface area contributed by atoms with E-state index in [1.807, 2.05) is 17.0 Å². The van der Waals surface area contributed by atoms with Gasteiger partial charge in [0, 0.05) is 38.6 Å². The highest BCUT2D eigenvalue weighted by atomic mass is 16.5. The predicted molar refractivity (Wildman–Crippen MR) is 118 cm³/mol. The topological polar surface area (TPSA) is 95.9 Å². The fraction of sp³-hybridized carbons (Fsp3) is 0.500. The van der Waals surface area contributed by atoms with Crippen LogP contribution in [0.1, 0.15) is 53.0 Å². The highest BCUT2D eigenvalue weighted by Crippen LogP contribution is 2.37. The van der Waals surface area contributed by atoms with Gasteiger partial charge in [0.05, 0.1) is 18.3 Å². The van der Waals surface area contributed by atoms with E-state index in [1.165, 1.54) is 12.4 Å². The monoisotopic (exact) mass is 438 g/mol. The largest absolute Gasteiger partial charge is 0.491 e. The molecule has 5 rings (SSSR count). The van der Waals surface area contributed by atoms with Crippen LogP contribution < -0.4 is 4.74 Å². The van der Waals surface area contributed by atoms with Crippen molar-refractivity contribution in [1.29, 1.82) is 0 Å². The number of fused-ring (bicyclic) bond motifs is 9. The quantitative estimate of drug-likeness (QED) is 0.774. The van der Waals surface area contributed by atoms with Gasteiger partial charge < -0.3 is 19.6 Å². The molecule has 4 heterocycles. The zero-order chi connectivity index (χ0) is 22.4. The van der Waals surface area contributed by atoms with E-state index in [4.69, 9.17) is 4.74 Å². The van der Waals surface area contributed by atoms with Crippen molar-refractivity contribution < 1.29 is 19.4 Å². The number of hydrogen-bond donors (Lipinski definition) is 1. The number of carbonyl (C=O) groups excluding carboxylic acids is 2. The third kappa shape index (κ3) is 4.91. The minimum Gasteiger partial charge on any atom is -0.491 e. The maximum absolute atomic E-state index is 13.2. The number of piperidine rings is 1. The fourth-order valence-electron chi connectivity index (χ4n) is 4.57. The summed E-state index contributed by atoms with van der Waals surface area (Å²) in [6, 6.07) is 7.25. The molecule has 1 aromatic carbocycles. The molecule has 2 aromatic rings. The average Bonchev–Trinajstić information content (AvgIpc) is 2.86.